The van der Waals surface area contributed by atoms with Crippen LogP contribution in [-0.2, 0) is 15.9 Å². The summed E-state index contributed by atoms with van der Waals surface area (Å²) in [5.41, 5.74) is 0.753. The number of carbonyl (C=O) groups is 1. The van der Waals surface area contributed by atoms with Crippen molar-refractivity contribution in [3.8, 4) is 0 Å². The van der Waals surface area contributed by atoms with Crippen LogP contribution in [0.3, 0.4) is 0 Å². The Hall–Kier alpha value is -1.15. The van der Waals surface area contributed by atoms with Crippen molar-refractivity contribution in [1.82, 2.24) is 9.71 Å². The molecule has 1 unspecified atom stereocenters. The molecule has 0 fully saturated rings. The maximum Gasteiger partial charge on any atom is 0.420 e. The maximum atomic E-state index is 11.4. The summed E-state index contributed by atoms with van der Waals surface area (Å²) >= 11 is 1.53. The number of hydrogen-bond donors (Lipinski definition) is 2. The van der Waals surface area contributed by atoms with Crippen LogP contribution < -0.4 is 9.44 Å². The van der Waals surface area contributed by atoms with E-state index in [2.05, 4.69) is 35.1 Å². The Morgan fingerprint density at radius 1 is 1.59 bits per heavy atom. The number of carbonyl (C=O) groups excluding carboxylic acids is 1. The molecule has 1 heterocycles. The van der Waals surface area contributed by atoms with Gasteiger partial charge in [-0.3, -0.25) is 4.72 Å². The molecule has 94 valence electrons. The molecule has 0 saturated heterocycles. The highest BCUT2D eigenvalue weighted by molar-refractivity contribution is 9.10. The van der Waals surface area contributed by atoms with Crippen LogP contribution in [0.4, 0.5) is 10.6 Å². The monoisotopic (exact) mass is 321 g/mol. The Bertz CT molecular complexity index is 441. The molecule has 1 atom stereocenters. The molecule has 1 rings (SSSR count). The number of aromatic nitrogens is 1. The fourth-order valence-corrected chi connectivity index (χ4v) is 1.74. The maximum absolute atomic E-state index is 11.4. The zero-order valence-corrected chi connectivity index (χ0v) is 11.7. The first kappa shape index (κ1) is 13.9. The van der Waals surface area contributed by atoms with Gasteiger partial charge in [-0.2, -0.15) is 0 Å². The van der Waals surface area contributed by atoms with Crippen molar-refractivity contribution in [2.24, 2.45) is 0 Å². The van der Waals surface area contributed by atoms with E-state index in [4.69, 9.17) is 0 Å². The van der Waals surface area contributed by atoms with Gasteiger partial charge in [-0.05, 0) is 41.9 Å². The van der Waals surface area contributed by atoms with E-state index in [1.807, 2.05) is 0 Å². The molecule has 0 radical (unpaired) electrons. The minimum Gasteiger partial charge on any atom is -0.449 e. The molecular weight excluding hydrogens is 310 g/mol. The summed E-state index contributed by atoms with van der Waals surface area (Å²) in [5.74, 6) is 0.404. The largest absolute Gasteiger partial charge is 0.449 e. The number of nitrogens with zero attached hydrogens (tertiary/aromatic N) is 1. The average Bonchev–Trinajstić information content (AvgIpc) is 2.23. The lowest BCUT2D eigenvalue weighted by atomic mass is 10.4. The zero-order valence-electron chi connectivity index (χ0n) is 9.32. The molecule has 0 spiro atoms. The van der Waals surface area contributed by atoms with E-state index in [1.165, 1.54) is 0 Å². The molecule has 1 aromatic rings. The average molecular weight is 322 g/mol. The lowest BCUT2D eigenvalue weighted by Gasteiger charge is -2.07. The van der Waals surface area contributed by atoms with Gasteiger partial charge in [0.25, 0.3) is 0 Å². The predicted octanol–water partition coefficient (Wildman–Crippen LogP) is 1.89. The summed E-state index contributed by atoms with van der Waals surface area (Å²) in [7, 11) is 0. The van der Waals surface area contributed by atoms with E-state index >= 15 is 0 Å². The predicted molar refractivity (Wildman–Crippen MR) is 68.6 cm³/mol. The summed E-state index contributed by atoms with van der Waals surface area (Å²) in [6.45, 7) is 3.69. The molecular formula is C9H12BrN3O3S. The highest BCUT2D eigenvalue weighted by atomic mass is 79.9. The number of hydrogen-bond acceptors (Lipinski definition) is 4. The molecule has 0 aliphatic carbocycles. The fourth-order valence-electron chi connectivity index (χ4n) is 0.958. The number of nitrogens with one attached hydrogen (secondary N) is 2. The van der Waals surface area contributed by atoms with Gasteiger partial charge in [0.1, 0.15) is 5.82 Å². The van der Waals surface area contributed by atoms with Crippen LogP contribution in [0.1, 0.15) is 12.6 Å². The van der Waals surface area contributed by atoms with Gasteiger partial charge in [-0.25, -0.2) is 18.7 Å². The second-order valence-corrected chi connectivity index (χ2v) is 4.76. The SMILES string of the molecule is CCOC(=O)NS(=O)Nc1ccc(Br)c(C)n1. The molecule has 0 aliphatic heterocycles. The Labute approximate surface area is 110 Å². The highest BCUT2D eigenvalue weighted by Crippen LogP contribution is 2.16. The molecule has 2 N–H and O–H groups in total. The van der Waals surface area contributed by atoms with Gasteiger partial charge in [0.15, 0.2) is 0 Å². The zero-order chi connectivity index (χ0) is 12.8. The van der Waals surface area contributed by atoms with E-state index in [9.17, 15) is 9.00 Å². The Morgan fingerprint density at radius 3 is 2.88 bits per heavy atom. The third kappa shape index (κ3) is 4.70. The summed E-state index contributed by atoms with van der Waals surface area (Å²) in [6.07, 6.45) is -0.743. The van der Waals surface area contributed by atoms with Crippen LogP contribution in [-0.4, -0.2) is 21.9 Å². The van der Waals surface area contributed by atoms with Gasteiger partial charge in [0.05, 0.1) is 12.3 Å². The molecule has 1 amide bonds. The second kappa shape index (κ2) is 6.55. The lowest BCUT2D eigenvalue weighted by molar-refractivity contribution is 0.159. The van der Waals surface area contributed by atoms with Crippen molar-refractivity contribution in [2.75, 3.05) is 11.3 Å². The molecule has 8 heteroatoms. The summed E-state index contributed by atoms with van der Waals surface area (Å²) in [6, 6.07) is 3.41. The first-order valence-electron chi connectivity index (χ1n) is 4.78. The first-order chi connectivity index (χ1) is 8.02. The van der Waals surface area contributed by atoms with Crippen molar-refractivity contribution in [2.45, 2.75) is 13.8 Å². The van der Waals surface area contributed by atoms with Crippen molar-refractivity contribution in [3.05, 3.63) is 22.3 Å². The number of ether oxygens (including phenoxy) is 1. The third-order valence-corrected chi connectivity index (χ3v) is 3.25. The Morgan fingerprint density at radius 2 is 2.29 bits per heavy atom. The van der Waals surface area contributed by atoms with Crippen molar-refractivity contribution >= 4 is 39.0 Å². The van der Waals surface area contributed by atoms with Gasteiger partial charge in [0, 0.05) is 4.47 Å². The van der Waals surface area contributed by atoms with Gasteiger partial charge < -0.3 is 4.74 Å². The van der Waals surface area contributed by atoms with Crippen molar-refractivity contribution < 1.29 is 13.7 Å². The van der Waals surface area contributed by atoms with E-state index in [0.29, 0.717) is 5.82 Å². The van der Waals surface area contributed by atoms with Gasteiger partial charge in [-0.1, -0.05) is 0 Å². The van der Waals surface area contributed by atoms with Crippen LogP contribution in [0.25, 0.3) is 0 Å². The number of anilines is 1. The minimum absolute atomic E-state index is 0.221. The van der Waals surface area contributed by atoms with E-state index in [-0.39, 0.29) is 6.61 Å². The molecule has 0 bridgehead atoms. The number of amides is 1. The van der Waals surface area contributed by atoms with Gasteiger partial charge >= 0.3 is 6.09 Å². The van der Waals surface area contributed by atoms with Gasteiger partial charge in [-0.15, -0.1) is 0 Å². The number of pyridine rings is 1. The Kier molecular flexibility index (Phi) is 5.36. The molecule has 0 aliphatic rings. The lowest BCUT2D eigenvalue weighted by Crippen LogP contribution is -2.30. The van der Waals surface area contributed by atoms with E-state index < -0.39 is 17.3 Å². The standard InChI is InChI=1S/C9H12BrN3O3S/c1-3-16-9(14)13-17(15)12-8-5-4-7(10)6(2)11-8/h4-5H,3H2,1-2H3,(H,11,12)(H,13,14). The molecule has 0 saturated carbocycles. The summed E-state index contributed by atoms with van der Waals surface area (Å²) < 4.78 is 21.5. The van der Waals surface area contributed by atoms with Crippen LogP contribution in [0, 0.1) is 6.92 Å². The molecule has 1 aromatic heterocycles. The van der Waals surface area contributed by atoms with Crippen molar-refractivity contribution in [3.63, 3.8) is 0 Å². The quantitative estimate of drug-likeness (QED) is 0.887. The summed E-state index contributed by atoms with van der Waals surface area (Å²) in [5, 5.41) is 0. The van der Waals surface area contributed by atoms with Crippen LogP contribution in [0.5, 0.6) is 0 Å². The third-order valence-electron chi connectivity index (χ3n) is 1.67. The fraction of sp³-hybridized carbons (Fsp3) is 0.333. The van der Waals surface area contributed by atoms with Crippen molar-refractivity contribution in [1.29, 1.82) is 0 Å². The highest BCUT2D eigenvalue weighted by Gasteiger charge is 2.07. The Balaban J connectivity index is 2.56. The first-order valence-corrected chi connectivity index (χ1v) is 6.72. The van der Waals surface area contributed by atoms with Crippen LogP contribution in [0.15, 0.2) is 16.6 Å². The number of rotatable bonds is 4. The topological polar surface area (TPSA) is 80.3 Å². The second-order valence-electron chi connectivity index (χ2n) is 2.96. The number of aryl methyl sites for hydroxylation is 1. The number of halogens is 1. The van der Waals surface area contributed by atoms with Crippen LogP contribution >= 0.6 is 15.9 Å². The van der Waals surface area contributed by atoms with E-state index in [1.54, 1.807) is 26.0 Å². The minimum atomic E-state index is -1.77. The van der Waals surface area contributed by atoms with E-state index in [0.717, 1.165) is 10.2 Å². The summed E-state index contributed by atoms with van der Waals surface area (Å²) in [4.78, 5) is 15.1. The van der Waals surface area contributed by atoms with Crippen LogP contribution in [0.2, 0.25) is 0 Å². The molecule has 6 nitrogen and oxygen atoms in total. The molecule has 17 heavy (non-hydrogen) atoms. The van der Waals surface area contributed by atoms with Gasteiger partial charge in [0.2, 0.25) is 11.2 Å². The smallest absolute Gasteiger partial charge is 0.420 e. The normalized spacial score (nSPS) is 11.7. The molecule has 0 aromatic carbocycles.